The van der Waals surface area contributed by atoms with Gasteiger partial charge in [-0.25, -0.2) is 0 Å². The standard InChI is InChI=1S/C14H28O4Si/c1-13(2,3)19(6,7)18-10-8-9(15)11-12(10)17-14(4,5)16-11/h9-12,15H,8H2,1-7H3/t9-,10+,11+,12-/m0/s1. The van der Waals surface area contributed by atoms with Crippen LogP contribution >= 0.6 is 0 Å². The van der Waals surface area contributed by atoms with Crippen molar-refractivity contribution in [1.82, 2.24) is 0 Å². The molecule has 1 N–H and O–H groups in total. The molecule has 0 amide bonds. The highest BCUT2D eigenvalue weighted by Gasteiger charge is 2.56. The molecule has 2 rings (SSSR count). The third kappa shape index (κ3) is 2.90. The number of ether oxygens (including phenoxy) is 2. The van der Waals surface area contributed by atoms with Crippen molar-refractivity contribution < 1.29 is 19.0 Å². The molecular weight excluding hydrogens is 260 g/mol. The number of rotatable bonds is 2. The first-order valence-electron chi connectivity index (χ1n) is 7.14. The minimum Gasteiger partial charge on any atom is -0.411 e. The summed E-state index contributed by atoms with van der Waals surface area (Å²) in [5.74, 6) is -0.619. The van der Waals surface area contributed by atoms with Crippen LogP contribution in [0, 0.1) is 0 Å². The Bertz CT molecular complexity index is 348. The summed E-state index contributed by atoms with van der Waals surface area (Å²) >= 11 is 0. The van der Waals surface area contributed by atoms with Crippen molar-refractivity contribution in [3.63, 3.8) is 0 Å². The van der Waals surface area contributed by atoms with E-state index in [9.17, 15) is 5.11 Å². The first kappa shape index (κ1) is 15.4. The van der Waals surface area contributed by atoms with Gasteiger partial charge in [0, 0.05) is 6.42 Å². The largest absolute Gasteiger partial charge is 0.411 e. The van der Waals surface area contributed by atoms with Crippen LogP contribution in [0.3, 0.4) is 0 Å². The maximum atomic E-state index is 10.1. The van der Waals surface area contributed by atoms with Crippen molar-refractivity contribution in [1.29, 1.82) is 0 Å². The molecule has 4 nitrogen and oxygen atoms in total. The maximum absolute atomic E-state index is 10.1. The highest BCUT2D eigenvalue weighted by atomic mass is 28.4. The first-order valence-corrected chi connectivity index (χ1v) is 10.1. The van der Waals surface area contributed by atoms with Crippen molar-refractivity contribution in [3.05, 3.63) is 0 Å². The average molecular weight is 288 g/mol. The van der Waals surface area contributed by atoms with Gasteiger partial charge in [-0.05, 0) is 32.0 Å². The SMILES string of the molecule is CC1(C)O[C@@H]2[C@H](O1)[C@@H](O)C[C@H]2O[Si](C)(C)C(C)(C)C. The van der Waals surface area contributed by atoms with Crippen molar-refractivity contribution in [2.24, 2.45) is 0 Å². The fraction of sp³-hybridized carbons (Fsp3) is 1.00. The molecule has 1 aliphatic carbocycles. The van der Waals surface area contributed by atoms with E-state index in [0.29, 0.717) is 6.42 Å². The van der Waals surface area contributed by atoms with E-state index in [0.717, 1.165) is 0 Å². The Kier molecular flexibility index (Phi) is 3.68. The number of fused-ring (bicyclic) bond motifs is 1. The zero-order chi connectivity index (χ0) is 14.6. The molecule has 112 valence electrons. The van der Waals surface area contributed by atoms with Crippen molar-refractivity contribution in [3.8, 4) is 0 Å². The van der Waals surface area contributed by atoms with Gasteiger partial charge in [-0.3, -0.25) is 0 Å². The second-order valence-electron chi connectivity index (χ2n) is 7.78. The van der Waals surface area contributed by atoms with E-state index in [1.165, 1.54) is 0 Å². The summed E-state index contributed by atoms with van der Waals surface area (Å²) in [4.78, 5) is 0. The molecule has 0 radical (unpaired) electrons. The van der Waals surface area contributed by atoms with Gasteiger partial charge in [0.15, 0.2) is 14.1 Å². The normalized spacial score (nSPS) is 38.5. The van der Waals surface area contributed by atoms with E-state index in [1.54, 1.807) is 0 Å². The summed E-state index contributed by atoms with van der Waals surface area (Å²) < 4.78 is 18.1. The Labute approximate surface area is 117 Å². The fourth-order valence-corrected chi connectivity index (χ4v) is 3.92. The lowest BCUT2D eigenvalue weighted by Crippen LogP contribution is -2.46. The monoisotopic (exact) mass is 288 g/mol. The van der Waals surface area contributed by atoms with E-state index in [-0.39, 0.29) is 23.4 Å². The van der Waals surface area contributed by atoms with Crippen LogP contribution in [0.2, 0.25) is 18.1 Å². The van der Waals surface area contributed by atoms with E-state index >= 15 is 0 Å². The molecule has 0 bridgehead atoms. The lowest BCUT2D eigenvalue weighted by atomic mass is 10.2. The number of aliphatic hydroxyl groups is 1. The van der Waals surface area contributed by atoms with Crippen LogP contribution in [-0.2, 0) is 13.9 Å². The maximum Gasteiger partial charge on any atom is 0.192 e. The van der Waals surface area contributed by atoms with Crippen LogP contribution in [0.25, 0.3) is 0 Å². The molecule has 1 saturated carbocycles. The molecule has 4 atom stereocenters. The Hall–Kier alpha value is 0.0569. The van der Waals surface area contributed by atoms with Crippen LogP contribution in [0.5, 0.6) is 0 Å². The van der Waals surface area contributed by atoms with E-state index in [1.807, 2.05) is 13.8 Å². The molecule has 1 saturated heterocycles. The lowest BCUT2D eigenvalue weighted by Gasteiger charge is -2.39. The molecule has 0 aromatic carbocycles. The summed E-state index contributed by atoms with van der Waals surface area (Å²) in [7, 11) is -1.85. The predicted molar refractivity (Wildman–Crippen MR) is 76.5 cm³/mol. The molecule has 19 heavy (non-hydrogen) atoms. The van der Waals surface area contributed by atoms with Gasteiger partial charge in [0.05, 0.1) is 12.2 Å². The van der Waals surface area contributed by atoms with Gasteiger partial charge in [-0.1, -0.05) is 20.8 Å². The second-order valence-corrected chi connectivity index (χ2v) is 12.5. The third-order valence-corrected chi connectivity index (χ3v) is 9.14. The summed E-state index contributed by atoms with van der Waals surface area (Å²) in [6.45, 7) is 14.9. The quantitative estimate of drug-likeness (QED) is 0.794. The molecule has 0 unspecified atom stereocenters. The molecule has 1 heterocycles. The molecule has 0 aromatic rings. The average Bonchev–Trinajstić information content (AvgIpc) is 2.62. The van der Waals surface area contributed by atoms with Crippen molar-refractivity contribution >= 4 is 8.32 Å². The van der Waals surface area contributed by atoms with Crippen molar-refractivity contribution in [2.75, 3.05) is 0 Å². The Balaban J connectivity index is 2.11. The summed E-state index contributed by atoms with van der Waals surface area (Å²) in [5.41, 5.74) is 0. The molecule has 2 aliphatic rings. The van der Waals surface area contributed by atoms with Crippen LogP contribution in [-0.4, -0.2) is 43.6 Å². The van der Waals surface area contributed by atoms with Gasteiger partial charge >= 0.3 is 0 Å². The Morgan fingerprint density at radius 1 is 1.16 bits per heavy atom. The number of hydrogen-bond donors (Lipinski definition) is 1. The van der Waals surface area contributed by atoms with Crippen molar-refractivity contribution in [2.45, 2.75) is 89.4 Å². The van der Waals surface area contributed by atoms with Crippen LogP contribution in [0.4, 0.5) is 0 Å². The molecule has 5 heteroatoms. The summed E-state index contributed by atoms with van der Waals surface area (Å²) in [6, 6.07) is 0. The zero-order valence-electron chi connectivity index (χ0n) is 13.2. The van der Waals surface area contributed by atoms with Crippen LogP contribution in [0.15, 0.2) is 0 Å². The number of aliphatic hydroxyl groups excluding tert-OH is 1. The van der Waals surface area contributed by atoms with Gasteiger partial charge in [-0.15, -0.1) is 0 Å². The first-order chi connectivity index (χ1) is 8.43. The molecule has 2 fully saturated rings. The van der Waals surface area contributed by atoms with Gasteiger partial charge in [0.25, 0.3) is 0 Å². The zero-order valence-corrected chi connectivity index (χ0v) is 14.2. The van der Waals surface area contributed by atoms with Gasteiger partial charge in [0.2, 0.25) is 0 Å². The molecular formula is C14H28O4Si. The minimum atomic E-state index is -1.85. The predicted octanol–water partition coefficient (Wildman–Crippen LogP) is 2.66. The second kappa shape index (κ2) is 4.53. The van der Waals surface area contributed by atoms with Crippen LogP contribution < -0.4 is 0 Å². The van der Waals surface area contributed by atoms with Gasteiger partial charge in [-0.2, -0.15) is 0 Å². The third-order valence-electron chi connectivity index (χ3n) is 4.64. The topological polar surface area (TPSA) is 47.9 Å². The fourth-order valence-electron chi connectivity index (χ4n) is 2.58. The Morgan fingerprint density at radius 2 is 1.68 bits per heavy atom. The van der Waals surface area contributed by atoms with E-state index < -0.39 is 20.2 Å². The summed E-state index contributed by atoms with van der Waals surface area (Å²) in [5, 5.41) is 10.3. The highest BCUT2D eigenvalue weighted by Crippen LogP contribution is 2.44. The lowest BCUT2D eigenvalue weighted by molar-refractivity contribution is -0.170. The Morgan fingerprint density at radius 3 is 2.21 bits per heavy atom. The summed E-state index contributed by atoms with van der Waals surface area (Å²) in [6.07, 6.45) is -0.314. The molecule has 1 aliphatic heterocycles. The minimum absolute atomic E-state index is 0.0531. The molecule has 0 aromatic heterocycles. The van der Waals surface area contributed by atoms with Crippen LogP contribution in [0.1, 0.15) is 41.0 Å². The van der Waals surface area contributed by atoms with E-state index in [2.05, 4.69) is 33.9 Å². The van der Waals surface area contributed by atoms with Gasteiger partial charge < -0.3 is 19.0 Å². The van der Waals surface area contributed by atoms with Gasteiger partial charge in [0.1, 0.15) is 12.2 Å². The smallest absolute Gasteiger partial charge is 0.192 e. The number of hydrogen-bond acceptors (Lipinski definition) is 4. The van der Waals surface area contributed by atoms with E-state index in [4.69, 9.17) is 13.9 Å². The highest BCUT2D eigenvalue weighted by molar-refractivity contribution is 6.74. The molecule has 0 spiro atoms.